The van der Waals surface area contributed by atoms with Gasteiger partial charge in [-0.3, -0.25) is 0 Å². The molecular formula is C11H19N3. The fourth-order valence-corrected chi connectivity index (χ4v) is 2.72. The third-order valence-corrected chi connectivity index (χ3v) is 3.47. The lowest BCUT2D eigenvalue weighted by atomic mass is 9.79. The van der Waals surface area contributed by atoms with E-state index in [0.29, 0.717) is 17.9 Å². The number of nitrogens with two attached hydrogens (primary N) is 1. The van der Waals surface area contributed by atoms with Crippen LogP contribution in [0.2, 0.25) is 0 Å². The molecule has 0 saturated heterocycles. The number of hydrogen-bond acceptors (Lipinski definition) is 2. The molecule has 0 aromatic carbocycles. The Bertz CT molecular complexity index is 295. The summed E-state index contributed by atoms with van der Waals surface area (Å²) in [5.41, 5.74) is 5.90. The molecule has 2 atom stereocenters. The van der Waals surface area contributed by atoms with Crippen LogP contribution < -0.4 is 5.73 Å². The van der Waals surface area contributed by atoms with Crippen LogP contribution in [0.15, 0.2) is 12.3 Å². The minimum Gasteiger partial charge on any atom is -0.384 e. The topological polar surface area (TPSA) is 43.8 Å². The van der Waals surface area contributed by atoms with Crippen LogP contribution in [0.4, 0.5) is 5.82 Å². The normalized spacial score (nSPS) is 33.1. The van der Waals surface area contributed by atoms with Crippen LogP contribution in [0.25, 0.3) is 0 Å². The predicted octanol–water partition coefficient (Wildman–Crippen LogP) is 2.46. The Kier molecular flexibility index (Phi) is 2.48. The van der Waals surface area contributed by atoms with E-state index in [0.717, 1.165) is 5.82 Å². The molecule has 1 saturated carbocycles. The van der Waals surface area contributed by atoms with Gasteiger partial charge in [0.05, 0.1) is 12.2 Å². The predicted molar refractivity (Wildman–Crippen MR) is 57.9 cm³/mol. The largest absolute Gasteiger partial charge is 0.384 e. The molecule has 2 N–H and O–H groups in total. The van der Waals surface area contributed by atoms with Crippen molar-refractivity contribution in [3.8, 4) is 0 Å². The number of aromatic nitrogens is 2. The van der Waals surface area contributed by atoms with Gasteiger partial charge in [-0.05, 0) is 30.7 Å². The molecule has 0 bridgehead atoms. The minimum absolute atomic E-state index is 0.499. The molecule has 78 valence electrons. The van der Waals surface area contributed by atoms with Gasteiger partial charge in [-0.15, -0.1) is 0 Å². The quantitative estimate of drug-likeness (QED) is 0.744. The summed E-state index contributed by atoms with van der Waals surface area (Å²) in [6, 6.07) is 2.38. The standard InChI is InChI=1S/C11H19N3/c1-8-4-3-5-9(2)11(8)14-10(12)6-7-13-14/h6-9,11H,3-5,12H2,1-2H3. The zero-order chi connectivity index (χ0) is 10.1. The summed E-state index contributed by atoms with van der Waals surface area (Å²) in [6.07, 6.45) is 5.74. The zero-order valence-corrected chi connectivity index (χ0v) is 8.98. The van der Waals surface area contributed by atoms with Gasteiger partial charge >= 0.3 is 0 Å². The Labute approximate surface area is 85.3 Å². The molecule has 1 aromatic rings. The molecule has 1 aromatic heterocycles. The van der Waals surface area contributed by atoms with Crippen LogP contribution in [0.3, 0.4) is 0 Å². The number of rotatable bonds is 1. The van der Waals surface area contributed by atoms with Gasteiger partial charge in [0.1, 0.15) is 5.82 Å². The highest BCUT2D eigenvalue weighted by atomic mass is 15.3. The lowest BCUT2D eigenvalue weighted by Gasteiger charge is -2.35. The highest BCUT2D eigenvalue weighted by Gasteiger charge is 2.30. The van der Waals surface area contributed by atoms with Gasteiger partial charge in [0.15, 0.2) is 0 Å². The molecule has 0 aliphatic heterocycles. The molecule has 3 nitrogen and oxygen atoms in total. The number of hydrogen-bond donors (Lipinski definition) is 1. The van der Waals surface area contributed by atoms with Crippen molar-refractivity contribution in [3.63, 3.8) is 0 Å². The third-order valence-electron chi connectivity index (χ3n) is 3.47. The number of anilines is 1. The average Bonchev–Trinajstić information content (AvgIpc) is 2.52. The van der Waals surface area contributed by atoms with E-state index in [1.54, 1.807) is 6.20 Å². The Balaban J connectivity index is 2.26. The van der Waals surface area contributed by atoms with Gasteiger partial charge in [-0.1, -0.05) is 20.3 Å². The molecule has 1 aliphatic rings. The van der Waals surface area contributed by atoms with Gasteiger partial charge < -0.3 is 5.73 Å². The first kappa shape index (κ1) is 9.56. The summed E-state index contributed by atoms with van der Waals surface area (Å²) in [6.45, 7) is 4.61. The maximum atomic E-state index is 5.90. The van der Waals surface area contributed by atoms with Crippen LogP contribution in [-0.2, 0) is 0 Å². The van der Waals surface area contributed by atoms with Crippen molar-refractivity contribution >= 4 is 5.82 Å². The van der Waals surface area contributed by atoms with E-state index in [2.05, 4.69) is 18.9 Å². The van der Waals surface area contributed by atoms with Gasteiger partial charge in [0.25, 0.3) is 0 Å². The molecule has 0 radical (unpaired) electrons. The average molecular weight is 193 g/mol. The Morgan fingerprint density at radius 3 is 2.50 bits per heavy atom. The van der Waals surface area contributed by atoms with Crippen LogP contribution in [-0.4, -0.2) is 9.78 Å². The van der Waals surface area contributed by atoms with E-state index in [-0.39, 0.29) is 0 Å². The second-order valence-electron chi connectivity index (χ2n) is 4.58. The first-order valence-corrected chi connectivity index (χ1v) is 5.49. The highest BCUT2D eigenvalue weighted by Crippen LogP contribution is 2.38. The Morgan fingerprint density at radius 1 is 1.36 bits per heavy atom. The van der Waals surface area contributed by atoms with Crippen molar-refractivity contribution < 1.29 is 0 Å². The van der Waals surface area contributed by atoms with E-state index in [9.17, 15) is 0 Å². The number of nitrogens with zero attached hydrogens (tertiary/aromatic N) is 2. The van der Waals surface area contributed by atoms with E-state index < -0.39 is 0 Å². The first-order chi connectivity index (χ1) is 6.70. The second kappa shape index (κ2) is 3.64. The SMILES string of the molecule is CC1CCCC(C)C1n1nccc1N. The summed E-state index contributed by atoms with van der Waals surface area (Å²) < 4.78 is 2.01. The lowest BCUT2D eigenvalue weighted by molar-refractivity contribution is 0.172. The molecule has 0 spiro atoms. The fraction of sp³-hybridized carbons (Fsp3) is 0.727. The van der Waals surface area contributed by atoms with Crippen molar-refractivity contribution in [3.05, 3.63) is 12.3 Å². The van der Waals surface area contributed by atoms with Crippen molar-refractivity contribution in [2.45, 2.75) is 39.2 Å². The Morgan fingerprint density at radius 2 is 2.00 bits per heavy atom. The maximum Gasteiger partial charge on any atom is 0.121 e. The molecule has 2 unspecified atom stereocenters. The second-order valence-corrected chi connectivity index (χ2v) is 4.58. The molecule has 1 fully saturated rings. The molecular weight excluding hydrogens is 174 g/mol. The van der Waals surface area contributed by atoms with Crippen molar-refractivity contribution in [1.82, 2.24) is 9.78 Å². The molecule has 0 amide bonds. The summed E-state index contributed by atoms with van der Waals surface area (Å²) >= 11 is 0. The molecule has 1 heterocycles. The summed E-state index contributed by atoms with van der Waals surface area (Å²) in [5.74, 6) is 2.19. The van der Waals surface area contributed by atoms with Gasteiger partial charge in [0.2, 0.25) is 0 Å². The van der Waals surface area contributed by atoms with Crippen LogP contribution in [0, 0.1) is 11.8 Å². The smallest absolute Gasteiger partial charge is 0.121 e. The van der Waals surface area contributed by atoms with E-state index >= 15 is 0 Å². The molecule has 3 heteroatoms. The number of nitrogen functional groups attached to an aromatic ring is 1. The minimum atomic E-state index is 0.499. The molecule has 2 rings (SSSR count). The van der Waals surface area contributed by atoms with Crippen LogP contribution >= 0.6 is 0 Å². The summed E-state index contributed by atoms with van der Waals surface area (Å²) in [4.78, 5) is 0. The maximum absolute atomic E-state index is 5.90. The van der Waals surface area contributed by atoms with Gasteiger partial charge in [-0.2, -0.15) is 5.10 Å². The summed E-state index contributed by atoms with van der Waals surface area (Å²) in [5, 5.41) is 4.33. The lowest BCUT2D eigenvalue weighted by Crippen LogP contribution is -2.29. The van der Waals surface area contributed by atoms with Crippen LogP contribution in [0.5, 0.6) is 0 Å². The Hall–Kier alpha value is -0.990. The van der Waals surface area contributed by atoms with E-state index in [1.165, 1.54) is 19.3 Å². The molecule has 1 aliphatic carbocycles. The van der Waals surface area contributed by atoms with Crippen molar-refractivity contribution in [2.75, 3.05) is 5.73 Å². The van der Waals surface area contributed by atoms with Gasteiger partial charge in [0, 0.05) is 0 Å². The van der Waals surface area contributed by atoms with Gasteiger partial charge in [-0.25, -0.2) is 4.68 Å². The molecule has 14 heavy (non-hydrogen) atoms. The zero-order valence-electron chi connectivity index (χ0n) is 8.98. The first-order valence-electron chi connectivity index (χ1n) is 5.49. The summed E-state index contributed by atoms with van der Waals surface area (Å²) in [7, 11) is 0. The van der Waals surface area contributed by atoms with E-state index in [4.69, 9.17) is 5.73 Å². The van der Waals surface area contributed by atoms with Crippen molar-refractivity contribution in [2.24, 2.45) is 11.8 Å². The highest BCUT2D eigenvalue weighted by molar-refractivity contribution is 5.27. The van der Waals surface area contributed by atoms with Crippen molar-refractivity contribution in [1.29, 1.82) is 0 Å². The van der Waals surface area contributed by atoms with E-state index in [1.807, 2.05) is 10.7 Å². The fourth-order valence-electron chi connectivity index (χ4n) is 2.72. The van der Waals surface area contributed by atoms with Crippen LogP contribution in [0.1, 0.15) is 39.2 Å². The monoisotopic (exact) mass is 193 g/mol. The third kappa shape index (κ3) is 1.51.